The molecule has 1 aliphatic heterocycles. The maximum Gasteiger partial charge on any atom is 0.134 e. The number of likely N-dealkylation sites (tertiary alicyclic amines) is 1. The van der Waals surface area contributed by atoms with Crippen molar-refractivity contribution in [2.75, 3.05) is 19.6 Å². The SMILES string of the molecule is CC(=O)C1CCCN(CCC(C)(C)C)C1. The van der Waals surface area contributed by atoms with Crippen molar-refractivity contribution in [2.24, 2.45) is 11.3 Å². The molecule has 1 rings (SSSR count). The molecule has 0 N–H and O–H groups in total. The molecule has 0 aromatic heterocycles. The van der Waals surface area contributed by atoms with Crippen LogP contribution in [0.1, 0.15) is 47.0 Å². The summed E-state index contributed by atoms with van der Waals surface area (Å²) in [5.41, 5.74) is 0.406. The van der Waals surface area contributed by atoms with Gasteiger partial charge in [-0.1, -0.05) is 20.8 Å². The van der Waals surface area contributed by atoms with E-state index >= 15 is 0 Å². The molecular weight excluding hydrogens is 186 g/mol. The number of nitrogens with zero attached hydrogens (tertiary/aromatic N) is 1. The molecule has 1 fully saturated rings. The van der Waals surface area contributed by atoms with Crippen LogP contribution in [0.4, 0.5) is 0 Å². The van der Waals surface area contributed by atoms with Gasteiger partial charge >= 0.3 is 0 Å². The Bertz CT molecular complexity index is 217. The smallest absolute Gasteiger partial charge is 0.134 e. The Morgan fingerprint density at radius 3 is 2.60 bits per heavy atom. The van der Waals surface area contributed by atoms with Crippen LogP contribution in [0.2, 0.25) is 0 Å². The second kappa shape index (κ2) is 5.11. The Labute approximate surface area is 94.0 Å². The van der Waals surface area contributed by atoms with Crippen molar-refractivity contribution in [3.05, 3.63) is 0 Å². The minimum atomic E-state index is 0.304. The molecule has 0 bridgehead atoms. The zero-order valence-corrected chi connectivity index (χ0v) is 10.7. The highest BCUT2D eigenvalue weighted by Crippen LogP contribution is 2.22. The average Bonchev–Trinajstić information content (AvgIpc) is 2.14. The largest absolute Gasteiger partial charge is 0.303 e. The van der Waals surface area contributed by atoms with Crippen LogP contribution in [0.25, 0.3) is 0 Å². The number of carbonyl (C=O) groups is 1. The molecule has 1 aliphatic rings. The van der Waals surface area contributed by atoms with E-state index < -0.39 is 0 Å². The normalized spacial score (nSPS) is 24.1. The maximum atomic E-state index is 11.3. The minimum absolute atomic E-state index is 0.304. The molecule has 2 nitrogen and oxygen atoms in total. The number of rotatable bonds is 3. The van der Waals surface area contributed by atoms with Gasteiger partial charge in [0.25, 0.3) is 0 Å². The van der Waals surface area contributed by atoms with Crippen LogP contribution in [0.15, 0.2) is 0 Å². The second-order valence-corrected chi connectivity index (χ2v) is 6.06. The van der Waals surface area contributed by atoms with Gasteiger partial charge in [-0.05, 0) is 44.7 Å². The van der Waals surface area contributed by atoms with Crippen LogP contribution >= 0.6 is 0 Å². The third-order valence-electron chi connectivity index (χ3n) is 3.26. The predicted octanol–water partition coefficient (Wildman–Crippen LogP) is 2.72. The Morgan fingerprint density at radius 1 is 1.40 bits per heavy atom. The summed E-state index contributed by atoms with van der Waals surface area (Å²) in [7, 11) is 0. The predicted molar refractivity (Wildman–Crippen MR) is 63.9 cm³/mol. The molecule has 1 unspecified atom stereocenters. The lowest BCUT2D eigenvalue weighted by atomic mass is 9.90. The average molecular weight is 211 g/mol. The van der Waals surface area contributed by atoms with Gasteiger partial charge in [0.05, 0.1) is 0 Å². The highest BCUT2D eigenvalue weighted by Gasteiger charge is 2.23. The third kappa shape index (κ3) is 4.78. The fraction of sp³-hybridized carbons (Fsp3) is 0.923. The van der Waals surface area contributed by atoms with Crippen molar-refractivity contribution < 1.29 is 4.79 Å². The molecule has 2 heteroatoms. The van der Waals surface area contributed by atoms with Gasteiger partial charge in [0.1, 0.15) is 5.78 Å². The first-order chi connectivity index (χ1) is 6.88. The molecule has 88 valence electrons. The van der Waals surface area contributed by atoms with Crippen molar-refractivity contribution in [1.82, 2.24) is 4.90 Å². The van der Waals surface area contributed by atoms with Crippen LogP contribution in [-0.2, 0) is 4.79 Å². The van der Waals surface area contributed by atoms with Gasteiger partial charge in [-0.15, -0.1) is 0 Å². The first-order valence-corrected chi connectivity index (χ1v) is 6.11. The van der Waals surface area contributed by atoms with E-state index in [1.807, 2.05) is 0 Å². The van der Waals surface area contributed by atoms with Gasteiger partial charge in [-0.25, -0.2) is 0 Å². The van der Waals surface area contributed by atoms with Crippen LogP contribution < -0.4 is 0 Å². The van der Waals surface area contributed by atoms with E-state index in [0.29, 0.717) is 17.1 Å². The van der Waals surface area contributed by atoms with Gasteiger partial charge in [0.2, 0.25) is 0 Å². The third-order valence-corrected chi connectivity index (χ3v) is 3.26. The molecule has 0 spiro atoms. The highest BCUT2D eigenvalue weighted by atomic mass is 16.1. The summed E-state index contributed by atoms with van der Waals surface area (Å²) >= 11 is 0. The lowest BCUT2D eigenvalue weighted by Crippen LogP contribution is -2.39. The Hall–Kier alpha value is -0.370. The number of carbonyl (C=O) groups excluding carboxylic acids is 1. The van der Waals surface area contributed by atoms with Gasteiger partial charge in [0.15, 0.2) is 0 Å². The van der Waals surface area contributed by atoms with Gasteiger partial charge in [-0.3, -0.25) is 4.79 Å². The van der Waals surface area contributed by atoms with Gasteiger partial charge < -0.3 is 4.90 Å². The summed E-state index contributed by atoms with van der Waals surface area (Å²) in [4.78, 5) is 13.8. The Balaban J connectivity index is 2.34. The van der Waals surface area contributed by atoms with Crippen LogP contribution in [0, 0.1) is 11.3 Å². The van der Waals surface area contributed by atoms with E-state index in [2.05, 4.69) is 25.7 Å². The van der Waals surface area contributed by atoms with Crippen LogP contribution in [0.5, 0.6) is 0 Å². The van der Waals surface area contributed by atoms with E-state index in [-0.39, 0.29) is 0 Å². The minimum Gasteiger partial charge on any atom is -0.303 e. The molecule has 0 saturated carbocycles. The molecule has 1 heterocycles. The lowest BCUT2D eigenvalue weighted by Gasteiger charge is -2.33. The van der Waals surface area contributed by atoms with Gasteiger partial charge in [-0.2, -0.15) is 0 Å². The fourth-order valence-electron chi connectivity index (χ4n) is 2.08. The molecule has 1 atom stereocenters. The maximum absolute atomic E-state index is 11.3. The second-order valence-electron chi connectivity index (χ2n) is 6.06. The number of Topliss-reactive ketones (excluding diaryl/α,β-unsaturated/α-hetero) is 1. The topological polar surface area (TPSA) is 20.3 Å². The molecule has 0 aliphatic carbocycles. The Morgan fingerprint density at radius 2 is 2.07 bits per heavy atom. The van der Waals surface area contributed by atoms with E-state index in [4.69, 9.17) is 0 Å². The van der Waals surface area contributed by atoms with Crippen LogP contribution in [-0.4, -0.2) is 30.3 Å². The summed E-state index contributed by atoms with van der Waals surface area (Å²) in [5.74, 6) is 0.675. The molecule has 1 saturated heterocycles. The summed E-state index contributed by atoms with van der Waals surface area (Å²) in [6.07, 6.45) is 3.51. The van der Waals surface area contributed by atoms with Crippen molar-refractivity contribution in [3.8, 4) is 0 Å². The van der Waals surface area contributed by atoms with E-state index in [1.54, 1.807) is 6.92 Å². The molecule has 0 amide bonds. The summed E-state index contributed by atoms with van der Waals surface area (Å²) < 4.78 is 0. The van der Waals surface area contributed by atoms with Crippen molar-refractivity contribution >= 4 is 5.78 Å². The zero-order chi connectivity index (χ0) is 11.5. The number of ketones is 1. The van der Waals surface area contributed by atoms with E-state index in [1.165, 1.54) is 19.4 Å². The lowest BCUT2D eigenvalue weighted by molar-refractivity contribution is -0.122. The van der Waals surface area contributed by atoms with Gasteiger partial charge in [0, 0.05) is 12.5 Å². The molecule has 0 aromatic rings. The van der Waals surface area contributed by atoms with Crippen molar-refractivity contribution in [2.45, 2.75) is 47.0 Å². The highest BCUT2D eigenvalue weighted by molar-refractivity contribution is 5.78. The first-order valence-electron chi connectivity index (χ1n) is 6.11. The van der Waals surface area contributed by atoms with E-state index in [9.17, 15) is 4.79 Å². The molecule has 0 aromatic carbocycles. The molecular formula is C13H25NO. The quantitative estimate of drug-likeness (QED) is 0.715. The monoisotopic (exact) mass is 211 g/mol. The standard InChI is InChI=1S/C13H25NO/c1-11(15)12-6-5-8-14(10-12)9-7-13(2,3)4/h12H,5-10H2,1-4H3. The summed E-state index contributed by atoms with van der Waals surface area (Å²) in [6.45, 7) is 11.9. The van der Waals surface area contributed by atoms with Crippen molar-refractivity contribution in [1.29, 1.82) is 0 Å². The summed E-state index contributed by atoms with van der Waals surface area (Å²) in [6, 6.07) is 0. The fourth-order valence-corrected chi connectivity index (χ4v) is 2.08. The first kappa shape index (κ1) is 12.7. The summed E-state index contributed by atoms with van der Waals surface area (Å²) in [5, 5.41) is 0. The van der Waals surface area contributed by atoms with E-state index in [0.717, 1.165) is 19.5 Å². The van der Waals surface area contributed by atoms with Crippen molar-refractivity contribution in [3.63, 3.8) is 0 Å². The number of hydrogen-bond acceptors (Lipinski definition) is 2. The van der Waals surface area contributed by atoms with Crippen LogP contribution in [0.3, 0.4) is 0 Å². The number of hydrogen-bond donors (Lipinski definition) is 0. The molecule has 15 heavy (non-hydrogen) atoms. The zero-order valence-electron chi connectivity index (χ0n) is 10.7. The molecule has 0 radical (unpaired) electrons. The number of piperidine rings is 1. The Kier molecular flexibility index (Phi) is 4.32.